The van der Waals surface area contributed by atoms with E-state index in [-0.39, 0.29) is 0 Å². The third-order valence-corrected chi connectivity index (χ3v) is 2.66. The number of hydrogen-bond acceptors (Lipinski definition) is 2. The number of anilines is 1. The van der Waals surface area contributed by atoms with Crippen molar-refractivity contribution < 1.29 is 4.74 Å². The fourth-order valence-corrected chi connectivity index (χ4v) is 1.77. The Morgan fingerprint density at radius 1 is 1.50 bits per heavy atom. The third-order valence-electron chi connectivity index (χ3n) is 1.99. The van der Waals surface area contributed by atoms with Gasteiger partial charge in [0.2, 0.25) is 0 Å². The molecule has 0 aliphatic carbocycles. The highest BCUT2D eigenvalue weighted by molar-refractivity contribution is 14.1. The Morgan fingerprint density at radius 2 is 2.29 bits per heavy atom. The number of hydrogen-bond donors (Lipinski definition) is 1. The van der Waals surface area contributed by atoms with E-state index in [9.17, 15) is 0 Å². The molecule has 1 aromatic rings. The summed E-state index contributed by atoms with van der Waals surface area (Å²) in [5.74, 6) is 0. The van der Waals surface area contributed by atoms with E-state index in [1.807, 2.05) is 0 Å². The molecule has 0 heterocycles. The van der Waals surface area contributed by atoms with Crippen molar-refractivity contribution in [2.24, 2.45) is 0 Å². The number of nitrogens with one attached hydrogen (secondary N) is 1. The molecule has 1 aromatic carbocycles. The molecule has 1 unspecified atom stereocenters. The van der Waals surface area contributed by atoms with Gasteiger partial charge in [0, 0.05) is 29.0 Å². The van der Waals surface area contributed by atoms with Gasteiger partial charge in [0.15, 0.2) is 0 Å². The van der Waals surface area contributed by atoms with E-state index in [2.05, 4.69) is 59.1 Å². The number of benzene rings is 1. The SMILES string of the molecule is COCCC(C)Nc1cccc(I)c1. The van der Waals surface area contributed by atoms with Crippen molar-refractivity contribution in [3.05, 3.63) is 27.8 Å². The molecule has 3 heteroatoms. The molecule has 0 fully saturated rings. The average molecular weight is 305 g/mol. The highest BCUT2D eigenvalue weighted by atomic mass is 127. The fourth-order valence-electron chi connectivity index (χ4n) is 1.23. The van der Waals surface area contributed by atoms with Crippen LogP contribution >= 0.6 is 22.6 Å². The minimum Gasteiger partial charge on any atom is -0.385 e. The van der Waals surface area contributed by atoms with E-state index in [1.165, 1.54) is 9.26 Å². The Labute approximate surface area is 99.2 Å². The van der Waals surface area contributed by atoms with E-state index in [0.717, 1.165) is 13.0 Å². The monoisotopic (exact) mass is 305 g/mol. The van der Waals surface area contributed by atoms with Crippen LogP contribution < -0.4 is 5.32 Å². The molecule has 78 valence electrons. The van der Waals surface area contributed by atoms with E-state index in [4.69, 9.17) is 4.74 Å². The van der Waals surface area contributed by atoms with Gasteiger partial charge in [0.1, 0.15) is 0 Å². The molecule has 1 N–H and O–H groups in total. The second-order valence-corrected chi connectivity index (χ2v) is 4.58. The van der Waals surface area contributed by atoms with Gasteiger partial charge in [0.25, 0.3) is 0 Å². The van der Waals surface area contributed by atoms with E-state index >= 15 is 0 Å². The molecule has 14 heavy (non-hydrogen) atoms. The molecule has 0 radical (unpaired) electrons. The largest absolute Gasteiger partial charge is 0.385 e. The predicted molar refractivity (Wildman–Crippen MR) is 68.7 cm³/mol. The molecule has 2 nitrogen and oxygen atoms in total. The molecular formula is C11H16INO. The van der Waals surface area contributed by atoms with Gasteiger partial charge in [-0.3, -0.25) is 0 Å². The maximum atomic E-state index is 5.03. The van der Waals surface area contributed by atoms with Gasteiger partial charge in [-0.15, -0.1) is 0 Å². The molecule has 0 saturated heterocycles. The molecule has 0 aromatic heterocycles. The van der Waals surface area contributed by atoms with Crippen LogP contribution in [-0.2, 0) is 4.74 Å². The zero-order valence-corrected chi connectivity index (χ0v) is 10.7. The summed E-state index contributed by atoms with van der Waals surface area (Å²) >= 11 is 2.32. The second kappa shape index (κ2) is 6.24. The summed E-state index contributed by atoms with van der Waals surface area (Å²) in [6.45, 7) is 2.97. The summed E-state index contributed by atoms with van der Waals surface area (Å²) in [5.41, 5.74) is 1.18. The van der Waals surface area contributed by atoms with Gasteiger partial charge in [-0.2, -0.15) is 0 Å². The van der Waals surface area contributed by atoms with Crippen LogP contribution in [0.1, 0.15) is 13.3 Å². The van der Waals surface area contributed by atoms with Crippen LogP contribution in [0.2, 0.25) is 0 Å². The van der Waals surface area contributed by atoms with Crippen LogP contribution in [-0.4, -0.2) is 19.8 Å². The fraction of sp³-hybridized carbons (Fsp3) is 0.455. The zero-order chi connectivity index (χ0) is 10.4. The van der Waals surface area contributed by atoms with Crippen LogP contribution in [0, 0.1) is 3.57 Å². The average Bonchev–Trinajstić information content (AvgIpc) is 2.15. The summed E-state index contributed by atoms with van der Waals surface area (Å²) < 4.78 is 6.29. The molecule has 0 amide bonds. The summed E-state index contributed by atoms with van der Waals surface area (Å²) in [4.78, 5) is 0. The van der Waals surface area contributed by atoms with Crippen LogP contribution in [0.3, 0.4) is 0 Å². The van der Waals surface area contributed by atoms with Gasteiger partial charge in [-0.1, -0.05) is 6.07 Å². The molecule has 0 bridgehead atoms. The first-order valence-corrected chi connectivity index (χ1v) is 5.81. The van der Waals surface area contributed by atoms with Crippen molar-refractivity contribution in [1.82, 2.24) is 0 Å². The minimum atomic E-state index is 0.452. The molecule has 0 aliphatic heterocycles. The van der Waals surface area contributed by atoms with Crippen molar-refractivity contribution in [3.8, 4) is 0 Å². The molecule has 0 saturated carbocycles. The maximum absolute atomic E-state index is 5.03. The Bertz CT molecular complexity index is 278. The Hall–Kier alpha value is -0.290. The van der Waals surface area contributed by atoms with E-state index in [1.54, 1.807) is 7.11 Å². The predicted octanol–water partition coefficient (Wildman–Crippen LogP) is 3.13. The van der Waals surface area contributed by atoms with Crippen molar-refractivity contribution in [2.45, 2.75) is 19.4 Å². The summed E-state index contributed by atoms with van der Waals surface area (Å²) in [5, 5.41) is 3.43. The van der Waals surface area contributed by atoms with Crippen LogP contribution in [0.15, 0.2) is 24.3 Å². The van der Waals surface area contributed by atoms with Crippen LogP contribution in [0.25, 0.3) is 0 Å². The lowest BCUT2D eigenvalue weighted by atomic mass is 10.2. The highest BCUT2D eigenvalue weighted by Gasteiger charge is 2.01. The summed E-state index contributed by atoms with van der Waals surface area (Å²) in [6.07, 6.45) is 1.03. The van der Waals surface area contributed by atoms with E-state index in [0.29, 0.717) is 6.04 Å². The summed E-state index contributed by atoms with van der Waals surface area (Å²) in [7, 11) is 1.73. The highest BCUT2D eigenvalue weighted by Crippen LogP contribution is 2.13. The smallest absolute Gasteiger partial charge is 0.0481 e. The Morgan fingerprint density at radius 3 is 2.93 bits per heavy atom. The normalized spacial score (nSPS) is 12.5. The van der Waals surface area contributed by atoms with Gasteiger partial charge in [-0.25, -0.2) is 0 Å². The Balaban J connectivity index is 2.43. The van der Waals surface area contributed by atoms with E-state index < -0.39 is 0 Å². The summed E-state index contributed by atoms with van der Waals surface area (Å²) in [6, 6.07) is 8.83. The Kier molecular flexibility index (Phi) is 5.25. The molecule has 0 spiro atoms. The lowest BCUT2D eigenvalue weighted by Gasteiger charge is -2.14. The van der Waals surface area contributed by atoms with Crippen LogP contribution in [0.4, 0.5) is 5.69 Å². The maximum Gasteiger partial charge on any atom is 0.0481 e. The number of methoxy groups -OCH3 is 1. The molecule has 1 atom stereocenters. The first-order valence-electron chi connectivity index (χ1n) is 4.73. The number of halogens is 1. The van der Waals surface area contributed by atoms with Crippen LogP contribution in [0.5, 0.6) is 0 Å². The first-order chi connectivity index (χ1) is 6.72. The second-order valence-electron chi connectivity index (χ2n) is 3.34. The van der Waals surface area contributed by atoms with Crippen molar-refractivity contribution >= 4 is 28.3 Å². The van der Waals surface area contributed by atoms with Gasteiger partial charge < -0.3 is 10.1 Å². The van der Waals surface area contributed by atoms with Crippen molar-refractivity contribution in [1.29, 1.82) is 0 Å². The molecule has 0 aliphatic rings. The van der Waals surface area contributed by atoms with Gasteiger partial charge in [-0.05, 0) is 54.1 Å². The third kappa shape index (κ3) is 4.28. The number of ether oxygens (including phenoxy) is 1. The lowest BCUT2D eigenvalue weighted by Crippen LogP contribution is -2.17. The van der Waals surface area contributed by atoms with Crippen molar-refractivity contribution in [2.75, 3.05) is 19.0 Å². The zero-order valence-electron chi connectivity index (χ0n) is 8.59. The topological polar surface area (TPSA) is 21.3 Å². The van der Waals surface area contributed by atoms with Gasteiger partial charge >= 0.3 is 0 Å². The molecular weight excluding hydrogens is 289 g/mol. The first kappa shape index (κ1) is 11.8. The standard InChI is InChI=1S/C11H16INO/c1-9(6-7-14-2)13-11-5-3-4-10(12)8-11/h3-5,8-9,13H,6-7H2,1-2H3. The lowest BCUT2D eigenvalue weighted by molar-refractivity contribution is 0.191. The molecule has 1 rings (SSSR count). The minimum absolute atomic E-state index is 0.452. The van der Waals surface area contributed by atoms with Crippen molar-refractivity contribution in [3.63, 3.8) is 0 Å². The van der Waals surface area contributed by atoms with Gasteiger partial charge in [0.05, 0.1) is 0 Å². The quantitative estimate of drug-likeness (QED) is 0.844. The number of rotatable bonds is 5.